The summed E-state index contributed by atoms with van der Waals surface area (Å²) in [4.78, 5) is 0. The standard InChI is InChI=1S/C4H8S.11C3H8.2CH3.K.H2N/c1-4(2)3-5;11*1-3-2;;;;/h5H,1,3H2,2H3;11*3H2,1-2H3;2*1H3;;1H2/q;;;;;;;;;;;;2*-1;+1;-1. The van der Waals surface area contributed by atoms with Gasteiger partial charge in [0.05, 0.1) is 0 Å². The predicted molar refractivity (Wildman–Crippen MR) is 222 cm³/mol. The molecule has 0 saturated heterocycles. The zero-order valence-electron chi connectivity index (χ0n) is 36.7. The van der Waals surface area contributed by atoms with Crippen molar-refractivity contribution in [2.75, 3.05) is 5.75 Å². The van der Waals surface area contributed by atoms with E-state index in [0.29, 0.717) is 0 Å². The fourth-order valence-corrected chi connectivity index (χ4v) is 0. The molecule has 0 radical (unpaired) electrons. The fourth-order valence-electron chi connectivity index (χ4n) is 0. The van der Waals surface area contributed by atoms with E-state index in [1.54, 1.807) is 0 Å². The van der Waals surface area contributed by atoms with E-state index in [2.05, 4.69) is 172 Å². The molecule has 0 aliphatic rings. The number of hydrogen-bond acceptors (Lipinski definition) is 1. The first-order valence-corrected chi connectivity index (χ1v) is 17.7. The van der Waals surface area contributed by atoms with Crippen LogP contribution in [0.4, 0.5) is 0 Å². The van der Waals surface area contributed by atoms with Crippen LogP contribution in [0, 0.1) is 14.9 Å². The van der Waals surface area contributed by atoms with Crippen LogP contribution < -0.4 is 51.4 Å². The minimum absolute atomic E-state index is 0. The van der Waals surface area contributed by atoms with E-state index in [1.807, 2.05) is 6.92 Å². The zero-order chi connectivity index (χ0) is 34.1. The second kappa shape index (κ2) is 266. The minimum Gasteiger partial charge on any atom is -0.693 e. The van der Waals surface area contributed by atoms with Gasteiger partial charge in [-0.1, -0.05) is 235 Å². The van der Waals surface area contributed by atoms with Crippen molar-refractivity contribution in [1.82, 2.24) is 0 Å². The first-order chi connectivity index (χ1) is 17.8. The smallest absolute Gasteiger partial charge is 0.693 e. The van der Waals surface area contributed by atoms with E-state index >= 15 is 0 Å². The van der Waals surface area contributed by atoms with Crippen LogP contribution in [0.5, 0.6) is 0 Å². The number of rotatable bonds is 1. The van der Waals surface area contributed by atoms with Gasteiger partial charge in [0.1, 0.15) is 0 Å². The Hall–Kier alpha value is 1.69. The van der Waals surface area contributed by atoms with Crippen LogP contribution >= 0.6 is 12.6 Å². The third-order valence-electron chi connectivity index (χ3n) is 0.270. The summed E-state index contributed by atoms with van der Waals surface area (Å²) in [6.45, 7) is 52.3. The predicted octanol–water partition coefficient (Wildman–Crippen LogP) is 15.7. The Balaban J connectivity index is -0.0000000125. The molecule has 3 heteroatoms. The summed E-state index contributed by atoms with van der Waals surface area (Å²) in [5.74, 6) is 0.806. The molecule has 0 aliphatic heterocycles. The summed E-state index contributed by atoms with van der Waals surface area (Å²) < 4.78 is 0. The van der Waals surface area contributed by atoms with Gasteiger partial charge in [0.2, 0.25) is 0 Å². The van der Waals surface area contributed by atoms with Gasteiger partial charge in [-0.15, -0.1) is 0 Å². The first kappa shape index (κ1) is 104. The molecule has 2 N–H and O–H groups in total. The topological polar surface area (TPSA) is 33.5 Å². The third kappa shape index (κ3) is 5080. The van der Waals surface area contributed by atoms with Crippen molar-refractivity contribution >= 4 is 12.6 Å². The number of nitrogens with two attached hydrogens (primary N) is 1. The van der Waals surface area contributed by atoms with Crippen molar-refractivity contribution in [2.45, 2.75) is 230 Å². The SMILES string of the molecule is C=C(C)CS.CCC.CCC.CCC.CCC.CCC.CCC.CCC.CCC.CCC.CCC.CCC.[CH3-].[CH3-].[K+].[NH2-]. The van der Waals surface area contributed by atoms with Gasteiger partial charge in [0.15, 0.2) is 0 Å². The van der Waals surface area contributed by atoms with Crippen LogP contribution in [0.3, 0.4) is 0 Å². The summed E-state index contributed by atoms with van der Waals surface area (Å²) in [6.07, 6.45) is 13.8. The maximum absolute atomic E-state index is 3.92. The molecule has 42 heavy (non-hydrogen) atoms. The Bertz CT molecular complexity index is 128. The summed E-state index contributed by atoms with van der Waals surface area (Å²) in [6, 6.07) is 0. The van der Waals surface area contributed by atoms with E-state index in [-0.39, 0.29) is 72.4 Å². The maximum Gasteiger partial charge on any atom is 1.00 e. The monoisotopic (exact) mass is 658 g/mol. The summed E-state index contributed by atoms with van der Waals surface area (Å²) in [5, 5.41) is 0. The van der Waals surface area contributed by atoms with Crippen LogP contribution in [-0.4, -0.2) is 5.75 Å². The second-order valence-electron chi connectivity index (χ2n) is 8.89. The summed E-state index contributed by atoms with van der Waals surface area (Å²) in [7, 11) is 0. The molecule has 0 aromatic carbocycles. The molecule has 0 fully saturated rings. The van der Waals surface area contributed by atoms with E-state index in [4.69, 9.17) is 0 Å². The van der Waals surface area contributed by atoms with E-state index in [9.17, 15) is 0 Å². The normalized spacial score (nSPS) is 5.62. The molecule has 0 rings (SSSR count). The van der Waals surface area contributed by atoms with Gasteiger partial charge in [-0.2, -0.15) is 12.6 Å². The van der Waals surface area contributed by atoms with Crippen molar-refractivity contribution in [2.24, 2.45) is 0 Å². The fraction of sp³-hybridized carbons (Fsp3) is 0.897. The molecule has 0 aromatic heterocycles. The average Bonchev–Trinajstić information content (AvgIpc) is 2.80. The minimum atomic E-state index is 0. The summed E-state index contributed by atoms with van der Waals surface area (Å²) in [5.41, 5.74) is 1.12. The Morgan fingerprint density at radius 3 is 0.381 bits per heavy atom. The van der Waals surface area contributed by atoms with E-state index < -0.39 is 0 Å². The molecule has 0 bridgehead atoms. The molecule has 0 amide bonds. The summed E-state index contributed by atoms with van der Waals surface area (Å²) >= 11 is 3.92. The average molecular weight is 658 g/mol. The zero-order valence-corrected chi connectivity index (χ0v) is 40.7. The van der Waals surface area contributed by atoms with Crippen molar-refractivity contribution in [1.29, 1.82) is 0 Å². The molecule has 0 spiro atoms. The van der Waals surface area contributed by atoms with Crippen LogP contribution in [0.1, 0.15) is 230 Å². The van der Waals surface area contributed by atoms with Crippen LogP contribution in [0.2, 0.25) is 0 Å². The Labute approximate surface area is 329 Å². The second-order valence-corrected chi connectivity index (χ2v) is 9.21. The Morgan fingerprint density at radius 1 is 0.357 bits per heavy atom. The van der Waals surface area contributed by atoms with Gasteiger partial charge in [0.25, 0.3) is 0 Å². The van der Waals surface area contributed by atoms with Gasteiger partial charge >= 0.3 is 51.4 Å². The van der Waals surface area contributed by atoms with Gasteiger partial charge in [0, 0.05) is 5.75 Å². The molecule has 0 atom stereocenters. The molecular formula is C39H104KNS-2. The van der Waals surface area contributed by atoms with Gasteiger partial charge in [-0.3, -0.25) is 0 Å². The Kier molecular flexibility index (Phi) is 659. The first-order valence-electron chi connectivity index (χ1n) is 17.1. The van der Waals surface area contributed by atoms with Gasteiger partial charge in [-0.25, -0.2) is 0 Å². The number of hydrogen-bond donors (Lipinski definition) is 1. The van der Waals surface area contributed by atoms with Gasteiger partial charge < -0.3 is 21.0 Å². The largest absolute Gasteiger partial charge is 1.00 e. The molecule has 0 unspecified atom stereocenters. The van der Waals surface area contributed by atoms with Crippen LogP contribution in [-0.2, 0) is 0 Å². The number of thiol groups is 1. The molecule has 1 nitrogen and oxygen atoms in total. The van der Waals surface area contributed by atoms with Crippen LogP contribution in [0.25, 0.3) is 6.15 Å². The molecule has 0 aromatic rings. The molecule has 0 heterocycles. The van der Waals surface area contributed by atoms with E-state index in [0.717, 1.165) is 11.3 Å². The van der Waals surface area contributed by atoms with E-state index in [1.165, 1.54) is 70.6 Å². The van der Waals surface area contributed by atoms with Crippen molar-refractivity contribution < 1.29 is 51.4 Å². The Morgan fingerprint density at radius 2 is 0.381 bits per heavy atom. The van der Waals surface area contributed by atoms with Crippen LogP contribution in [0.15, 0.2) is 12.2 Å². The van der Waals surface area contributed by atoms with Crippen molar-refractivity contribution in [3.63, 3.8) is 0 Å². The molecule has 0 aliphatic carbocycles. The molecule has 274 valence electrons. The maximum atomic E-state index is 3.92. The third-order valence-corrected chi connectivity index (χ3v) is 0.810. The van der Waals surface area contributed by atoms with Gasteiger partial charge in [-0.05, 0) is 6.92 Å². The molecule has 0 saturated carbocycles. The van der Waals surface area contributed by atoms with Crippen molar-refractivity contribution in [3.8, 4) is 0 Å². The van der Waals surface area contributed by atoms with Crippen molar-refractivity contribution in [3.05, 3.63) is 33.2 Å². The quantitative estimate of drug-likeness (QED) is 0.126. The molecular weight excluding hydrogens is 554 g/mol.